The van der Waals surface area contributed by atoms with Crippen LogP contribution in [0.15, 0.2) is 46.3 Å². The van der Waals surface area contributed by atoms with E-state index in [0.29, 0.717) is 28.1 Å². The number of aromatic amines is 2. The molecule has 158 valence electrons. The first-order valence-corrected chi connectivity index (χ1v) is 11.0. The summed E-state index contributed by atoms with van der Waals surface area (Å²) in [6.45, 7) is 2.12. The van der Waals surface area contributed by atoms with Crippen molar-refractivity contribution in [2.75, 3.05) is 5.32 Å². The Balaban J connectivity index is 1.68. The van der Waals surface area contributed by atoms with Gasteiger partial charge in [0, 0.05) is 20.5 Å². The summed E-state index contributed by atoms with van der Waals surface area (Å²) in [5, 5.41) is 18.4. The van der Waals surface area contributed by atoms with Crippen LogP contribution >= 0.6 is 22.6 Å². The Morgan fingerprint density at radius 1 is 1.35 bits per heavy atom. The molecule has 4 N–H and O–H groups in total. The van der Waals surface area contributed by atoms with Crippen LogP contribution in [0.5, 0.6) is 5.88 Å². The van der Waals surface area contributed by atoms with Crippen LogP contribution in [0.3, 0.4) is 0 Å². The molecular weight excluding hydrogens is 509 g/mol. The molecule has 0 unspecified atom stereocenters. The van der Waals surface area contributed by atoms with Crippen LogP contribution in [-0.4, -0.2) is 35.7 Å². The average molecular weight is 529 g/mol. The number of imidazole rings is 1. The van der Waals surface area contributed by atoms with E-state index in [2.05, 4.69) is 49.9 Å². The van der Waals surface area contributed by atoms with Gasteiger partial charge in [-0.2, -0.15) is 9.61 Å². The van der Waals surface area contributed by atoms with Gasteiger partial charge >= 0.3 is 5.69 Å². The molecule has 3 heterocycles. The smallest absolute Gasteiger partial charge is 0.326 e. The number of H-pyrrole nitrogens is 2. The van der Waals surface area contributed by atoms with Gasteiger partial charge < -0.3 is 15.4 Å². The molecule has 1 aromatic carbocycles. The van der Waals surface area contributed by atoms with Crippen molar-refractivity contribution in [1.29, 1.82) is 0 Å². The summed E-state index contributed by atoms with van der Waals surface area (Å²) < 4.78 is 2.80. The predicted octanol–water partition coefficient (Wildman–Crippen LogP) is 2.05. The van der Waals surface area contributed by atoms with E-state index >= 15 is 0 Å². The van der Waals surface area contributed by atoms with E-state index in [4.69, 9.17) is 9.98 Å². The van der Waals surface area contributed by atoms with Gasteiger partial charge in [0.05, 0.1) is 12.2 Å². The molecule has 9 nitrogen and oxygen atoms in total. The lowest BCUT2D eigenvalue weighted by Gasteiger charge is -2.08. The van der Waals surface area contributed by atoms with Crippen molar-refractivity contribution in [1.82, 2.24) is 24.6 Å². The van der Waals surface area contributed by atoms with Gasteiger partial charge in [0.1, 0.15) is 11.5 Å². The van der Waals surface area contributed by atoms with Gasteiger partial charge in [0.2, 0.25) is 5.88 Å². The van der Waals surface area contributed by atoms with Crippen molar-refractivity contribution in [3.8, 4) is 5.88 Å². The Labute approximate surface area is 190 Å². The number of aromatic hydroxyl groups is 1. The summed E-state index contributed by atoms with van der Waals surface area (Å²) in [5.41, 5.74) is 1.97. The van der Waals surface area contributed by atoms with Crippen molar-refractivity contribution in [3.05, 3.63) is 67.0 Å². The molecule has 1 fully saturated rings. The Kier molecular flexibility index (Phi) is 5.00. The number of benzene rings is 1. The van der Waals surface area contributed by atoms with Gasteiger partial charge in [-0.15, -0.1) is 0 Å². The highest BCUT2D eigenvalue weighted by molar-refractivity contribution is 14.1. The number of nitrogens with zero attached hydrogens (tertiary/aromatic N) is 4. The minimum atomic E-state index is -0.483. The lowest BCUT2D eigenvalue weighted by Crippen LogP contribution is -2.22. The molecule has 1 aliphatic carbocycles. The molecule has 1 atom stereocenters. The van der Waals surface area contributed by atoms with Gasteiger partial charge in [0.25, 0.3) is 0 Å². The zero-order valence-corrected chi connectivity index (χ0v) is 18.8. The van der Waals surface area contributed by atoms with Crippen LogP contribution in [0.2, 0.25) is 0 Å². The second-order valence-electron chi connectivity index (χ2n) is 7.66. The van der Waals surface area contributed by atoms with E-state index in [1.165, 1.54) is 12.8 Å². The number of rotatable bonds is 5. The number of halogens is 1. The third-order valence-electron chi connectivity index (χ3n) is 5.25. The number of nitrogens with one attached hydrogen (secondary N) is 3. The van der Waals surface area contributed by atoms with E-state index in [-0.39, 0.29) is 17.6 Å². The van der Waals surface area contributed by atoms with Crippen molar-refractivity contribution >= 4 is 45.8 Å². The normalized spacial score (nSPS) is 16.2. The molecule has 0 spiro atoms. The number of aromatic nitrogens is 5. The van der Waals surface area contributed by atoms with Crippen molar-refractivity contribution in [2.45, 2.75) is 25.8 Å². The van der Waals surface area contributed by atoms with Crippen molar-refractivity contribution in [3.63, 3.8) is 0 Å². The maximum atomic E-state index is 11.5. The topological polar surface area (TPSA) is 123 Å². The van der Waals surface area contributed by atoms with Crippen LogP contribution in [-0.2, 0) is 0 Å². The predicted molar refractivity (Wildman–Crippen MR) is 125 cm³/mol. The zero-order valence-electron chi connectivity index (χ0n) is 16.6. The zero-order chi connectivity index (χ0) is 21.5. The standard InChI is InChI=1S/C21H20IN7O2/c1-11(12-5-6-12)24-18-9-17(25-15-4-2-3-14(22)8-15)27-19-13(10-23-29(18)19)7-16-20(30)28-21(31)26-16/h2-4,7-12,25,30H,5-6H2,1H3,(H2,26,28,31)/t11-/m1/s1. The maximum absolute atomic E-state index is 11.5. The molecular formula is C21H20IN7O2. The summed E-state index contributed by atoms with van der Waals surface area (Å²) in [4.78, 5) is 26.0. The Morgan fingerprint density at radius 2 is 2.19 bits per heavy atom. The van der Waals surface area contributed by atoms with Gasteiger partial charge in [-0.25, -0.2) is 9.78 Å². The van der Waals surface area contributed by atoms with Crippen LogP contribution in [0.1, 0.15) is 25.5 Å². The first kappa shape index (κ1) is 19.8. The lowest BCUT2D eigenvalue weighted by atomic mass is 10.2. The summed E-state index contributed by atoms with van der Waals surface area (Å²) in [7, 11) is 0. The SMILES string of the molecule is C[C@@H](N=c1cc(Nc2cccc(I)c2)nc2c(=Cc3[nH]c(=O)[nH]c3O)cnn12)C1CC1. The second kappa shape index (κ2) is 7.84. The monoisotopic (exact) mass is 529 g/mol. The first-order valence-electron chi connectivity index (χ1n) is 9.94. The molecule has 0 saturated heterocycles. The average Bonchev–Trinajstić information content (AvgIpc) is 3.42. The molecule has 4 aromatic rings. The number of fused-ring (bicyclic) bond motifs is 1. The molecule has 0 amide bonds. The Morgan fingerprint density at radius 3 is 2.90 bits per heavy atom. The summed E-state index contributed by atoms with van der Waals surface area (Å²) >= 11 is 2.27. The fourth-order valence-corrected chi connectivity index (χ4v) is 4.02. The van der Waals surface area contributed by atoms with Crippen LogP contribution < -0.4 is 21.7 Å². The Bertz CT molecular complexity index is 1450. The molecule has 1 aliphatic rings. The molecule has 31 heavy (non-hydrogen) atoms. The van der Waals surface area contributed by atoms with Crippen LogP contribution in [0.4, 0.5) is 11.5 Å². The minimum absolute atomic E-state index is 0.192. The number of hydrogen-bond acceptors (Lipinski definition) is 6. The van der Waals surface area contributed by atoms with E-state index in [9.17, 15) is 9.90 Å². The third kappa shape index (κ3) is 4.20. The summed E-state index contributed by atoms with van der Waals surface area (Å²) in [6.07, 6.45) is 5.67. The molecule has 10 heteroatoms. The molecule has 1 saturated carbocycles. The van der Waals surface area contributed by atoms with Gasteiger partial charge in [-0.3, -0.25) is 9.98 Å². The van der Waals surface area contributed by atoms with E-state index in [1.807, 2.05) is 30.3 Å². The summed E-state index contributed by atoms with van der Waals surface area (Å²) in [6, 6.07) is 10.1. The van der Waals surface area contributed by atoms with E-state index < -0.39 is 5.69 Å². The minimum Gasteiger partial charge on any atom is -0.493 e. The molecule has 5 rings (SSSR count). The molecule has 0 radical (unpaired) electrons. The largest absolute Gasteiger partial charge is 0.493 e. The molecule has 0 aliphatic heterocycles. The van der Waals surface area contributed by atoms with Gasteiger partial charge in [0.15, 0.2) is 11.1 Å². The quantitative estimate of drug-likeness (QED) is 0.295. The highest BCUT2D eigenvalue weighted by atomic mass is 127. The van der Waals surface area contributed by atoms with Gasteiger partial charge in [-0.1, -0.05) is 6.07 Å². The fraction of sp³-hybridized carbons (Fsp3) is 0.238. The lowest BCUT2D eigenvalue weighted by molar-refractivity contribution is 0.454. The highest BCUT2D eigenvalue weighted by Crippen LogP contribution is 2.33. The first-order chi connectivity index (χ1) is 15.0. The Hall–Kier alpha value is -3.15. The van der Waals surface area contributed by atoms with Crippen LogP contribution in [0, 0.1) is 9.49 Å². The van der Waals surface area contributed by atoms with E-state index in [1.54, 1.807) is 16.8 Å². The van der Waals surface area contributed by atoms with Crippen molar-refractivity contribution < 1.29 is 5.11 Å². The molecule has 0 bridgehead atoms. The fourth-order valence-electron chi connectivity index (χ4n) is 3.48. The third-order valence-corrected chi connectivity index (χ3v) is 5.92. The number of anilines is 2. The second-order valence-corrected chi connectivity index (χ2v) is 8.91. The molecule has 3 aromatic heterocycles. The summed E-state index contributed by atoms with van der Waals surface area (Å²) in [5.74, 6) is 1.02. The van der Waals surface area contributed by atoms with E-state index in [0.717, 1.165) is 9.26 Å². The van der Waals surface area contributed by atoms with Crippen LogP contribution in [0.25, 0.3) is 11.7 Å². The van der Waals surface area contributed by atoms with Crippen molar-refractivity contribution in [2.24, 2.45) is 10.9 Å². The number of hydrogen-bond donors (Lipinski definition) is 4. The maximum Gasteiger partial charge on any atom is 0.326 e. The van der Waals surface area contributed by atoms with Gasteiger partial charge in [-0.05, 0) is 72.5 Å². The highest BCUT2D eigenvalue weighted by Gasteiger charge is 2.27.